The molecule has 28 heavy (non-hydrogen) atoms. The molecule has 8 heteroatoms. The second-order valence-electron chi connectivity index (χ2n) is 6.38. The van der Waals surface area contributed by atoms with Gasteiger partial charge in [-0.3, -0.25) is 9.10 Å². The van der Waals surface area contributed by atoms with Crippen LogP contribution in [0.1, 0.15) is 11.1 Å². The summed E-state index contributed by atoms with van der Waals surface area (Å²) in [5.41, 5.74) is 2.76. The lowest BCUT2D eigenvalue weighted by Gasteiger charge is -2.22. The van der Waals surface area contributed by atoms with Crippen molar-refractivity contribution in [3.8, 4) is 6.07 Å². The molecule has 0 saturated heterocycles. The summed E-state index contributed by atoms with van der Waals surface area (Å²) in [6.07, 6.45) is 3.13. The SMILES string of the molecule is CS(=O)(=O)N(CCNC(=O)Cc1c[nH]c2ccccc12)c1ccc(C#N)cc1. The summed E-state index contributed by atoms with van der Waals surface area (Å²) in [4.78, 5) is 15.4. The zero-order valence-corrected chi connectivity index (χ0v) is 16.2. The third-order valence-corrected chi connectivity index (χ3v) is 5.54. The molecule has 1 amide bonds. The number of nitrogens with zero attached hydrogens (tertiary/aromatic N) is 2. The quantitative estimate of drug-likeness (QED) is 0.638. The van der Waals surface area contributed by atoms with Crippen LogP contribution in [0, 0.1) is 11.3 Å². The molecule has 2 aromatic carbocycles. The predicted molar refractivity (Wildman–Crippen MR) is 108 cm³/mol. The van der Waals surface area contributed by atoms with E-state index in [-0.39, 0.29) is 25.4 Å². The normalized spacial score (nSPS) is 11.1. The highest BCUT2D eigenvalue weighted by atomic mass is 32.2. The molecule has 0 spiro atoms. The Bertz CT molecular complexity index is 1130. The molecule has 1 heterocycles. The predicted octanol–water partition coefficient (Wildman–Crippen LogP) is 2.16. The lowest BCUT2D eigenvalue weighted by molar-refractivity contribution is -0.120. The van der Waals surface area contributed by atoms with Crippen LogP contribution >= 0.6 is 0 Å². The Balaban J connectivity index is 1.62. The Morgan fingerprint density at radius 2 is 1.89 bits per heavy atom. The number of nitriles is 1. The molecule has 1 aromatic heterocycles. The first-order valence-electron chi connectivity index (χ1n) is 8.68. The number of nitrogens with one attached hydrogen (secondary N) is 2. The van der Waals surface area contributed by atoms with Crippen LogP contribution in [0.2, 0.25) is 0 Å². The summed E-state index contributed by atoms with van der Waals surface area (Å²) >= 11 is 0. The molecule has 0 atom stereocenters. The summed E-state index contributed by atoms with van der Waals surface area (Å²) in [7, 11) is -3.52. The lowest BCUT2D eigenvalue weighted by atomic mass is 10.1. The number of hydrogen-bond donors (Lipinski definition) is 2. The number of rotatable bonds is 7. The van der Waals surface area contributed by atoms with Crippen LogP contribution in [0.25, 0.3) is 10.9 Å². The van der Waals surface area contributed by atoms with E-state index < -0.39 is 10.0 Å². The number of benzene rings is 2. The van der Waals surface area contributed by atoms with Crippen LogP contribution in [-0.4, -0.2) is 38.7 Å². The van der Waals surface area contributed by atoms with Gasteiger partial charge in [0.05, 0.1) is 36.5 Å². The van der Waals surface area contributed by atoms with Gasteiger partial charge >= 0.3 is 0 Å². The molecule has 0 aliphatic rings. The highest BCUT2D eigenvalue weighted by Gasteiger charge is 2.17. The van der Waals surface area contributed by atoms with Crippen LogP contribution in [0.5, 0.6) is 0 Å². The van der Waals surface area contributed by atoms with Gasteiger partial charge in [0.1, 0.15) is 0 Å². The molecule has 0 fully saturated rings. The summed E-state index contributed by atoms with van der Waals surface area (Å²) in [5.74, 6) is -0.182. The first-order valence-corrected chi connectivity index (χ1v) is 10.5. The van der Waals surface area contributed by atoms with Gasteiger partial charge in [0.2, 0.25) is 15.9 Å². The maximum absolute atomic E-state index is 12.3. The molecule has 0 aliphatic carbocycles. The molecule has 0 saturated carbocycles. The third kappa shape index (κ3) is 4.50. The number of carbonyl (C=O) groups excluding carboxylic acids is 1. The van der Waals surface area contributed by atoms with Gasteiger partial charge < -0.3 is 10.3 Å². The summed E-state index contributed by atoms with van der Waals surface area (Å²) in [6.45, 7) is 0.276. The molecule has 0 radical (unpaired) electrons. The van der Waals surface area contributed by atoms with E-state index in [0.29, 0.717) is 11.3 Å². The average Bonchev–Trinajstić information content (AvgIpc) is 3.07. The van der Waals surface area contributed by atoms with Crippen molar-refractivity contribution >= 4 is 32.5 Å². The monoisotopic (exact) mass is 396 g/mol. The van der Waals surface area contributed by atoms with E-state index in [4.69, 9.17) is 5.26 Å². The van der Waals surface area contributed by atoms with Gasteiger partial charge in [-0.2, -0.15) is 5.26 Å². The largest absolute Gasteiger partial charge is 0.361 e. The van der Waals surface area contributed by atoms with Gasteiger partial charge in [0, 0.05) is 23.6 Å². The summed E-state index contributed by atoms with van der Waals surface area (Å²) in [5, 5.41) is 12.6. The zero-order chi connectivity index (χ0) is 20.1. The maximum atomic E-state index is 12.3. The number of hydrogen-bond acceptors (Lipinski definition) is 4. The fourth-order valence-corrected chi connectivity index (χ4v) is 3.93. The van der Waals surface area contributed by atoms with E-state index in [1.165, 1.54) is 4.31 Å². The van der Waals surface area contributed by atoms with Crippen molar-refractivity contribution in [2.45, 2.75) is 6.42 Å². The van der Waals surface area contributed by atoms with Crippen LogP contribution in [0.3, 0.4) is 0 Å². The number of amides is 1. The van der Waals surface area contributed by atoms with E-state index in [1.54, 1.807) is 24.3 Å². The van der Waals surface area contributed by atoms with Crippen molar-refractivity contribution in [1.82, 2.24) is 10.3 Å². The maximum Gasteiger partial charge on any atom is 0.232 e. The molecule has 0 unspecified atom stereocenters. The standard InChI is InChI=1S/C20H20N4O3S/c1-28(26,27)24(17-8-6-15(13-21)7-9-17)11-10-22-20(25)12-16-14-23-19-5-3-2-4-18(16)19/h2-9,14,23H,10-12H2,1H3,(H,22,25). The van der Waals surface area contributed by atoms with Crippen molar-refractivity contribution in [3.05, 3.63) is 65.9 Å². The number of anilines is 1. The third-order valence-electron chi connectivity index (χ3n) is 4.35. The number of carbonyl (C=O) groups is 1. The Hall–Kier alpha value is -3.31. The van der Waals surface area contributed by atoms with Crippen molar-refractivity contribution in [1.29, 1.82) is 5.26 Å². The van der Waals surface area contributed by atoms with Gasteiger partial charge in [-0.25, -0.2) is 8.42 Å². The number of sulfonamides is 1. The van der Waals surface area contributed by atoms with E-state index >= 15 is 0 Å². The fourth-order valence-electron chi connectivity index (χ4n) is 3.00. The first kappa shape index (κ1) is 19.5. The Kier molecular flexibility index (Phi) is 5.66. The summed E-state index contributed by atoms with van der Waals surface area (Å²) < 4.78 is 25.4. The van der Waals surface area contributed by atoms with E-state index in [1.807, 2.05) is 36.5 Å². The van der Waals surface area contributed by atoms with Crippen LogP contribution in [0.4, 0.5) is 5.69 Å². The van der Waals surface area contributed by atoms with Gasteiger partial charge in [-0.15, -0.1) is 0 Å². The molecular formula is C20H20N4O3S. The number of para-hydroxylation sites is 1. The second-order valence-corrected chi connectivity index (χ2v) is 8.29. The van der Waals surface area contributed by atoms with E-state index in [2.05, 4.69) is 10.3 Å². The van der Waals surface area contributed by atoms with Crippen LogP contribution in [-0.2, 0) is 21.2 Å². The fraction of sp³-hybridized carbons (Fsp3) is 0.200. The van der Waals surface area contributed by atoms with Crippen LogP contribution < -0.4 is 9.62 Å². The van der Waals surface area contributed by atoms with Crippen molar-refractivity contribution < 1.29 is 13.2 Å². The average molecular weight is 396 g/mol. The number of fused-ring (bicyclic) bond motifs is 1. The van der Waals surface area contributed by atoms with E-state index in [9.17, 15) is 13.2 Å². The zero-order valence-electron chi connectivity index (χ0n) is 15.3. The lowest BCUT2D eigenvalue weighted by Crippen LogP contribution is -2.38. The number of aromatic nitrogens is 1. The van der Waals surface area contributed by atoms with Crippen molar-refractivity contribution in [2.24, 2.45) is 0 Å². The molecule has 2 N–H and O–H groups in total. The highest BCUT2D eigenvalue weighted by molar-refractivity contribution is 7.92. The molecule has 7 nitrogen and oxygen atoms in total. The second kappa shape index (κ2) is 8.15. The Morgan fingerprint density at radius 1 is 1.18 bits per heavy atom. The minimum atomic E-state index is -3.52. The highest BCUT2D eigenvalue weighted by Crippen LogP contribution is 2.19. The Labute approximate surface area is 163 Å². The van der Waals surface area contributed by atoms with E-state index in [0.717, 1.165) is 22.7 Å². The first-order chi connectivity index (χ1) is 13.4. The molecule has 0 bridgehead atoms. The molecule has 144 valence electrons. The van der Waals surface area contributed by atoms with Gasteiger partial charge in [-0.05, 0) is 35.9 Å². The molecule has 3 rings (SSSR count). The van der Waals surface area contributed by atoms with Gasteiger partial charge in [0.15, 0.2) is 0 Å². The number of H-pyrrole nitrogens is 1. The molecular weight excluding hydrogens is 376 g/mol. The van der Waals surface area contributed by atoms with Crippen molar-refractivity contribution in [2.75, 3.05) is 23.7 Å². The Morgan fingerprint density at radius 3 is 2.57 bits per heavy atom. The molecule has 0 aliphatic heterocycles. The summed E-state index contributed by atoms with van der Waals surface area (Å²) in [6, 6.07) is 16.0. The minimum Gasteiger partial charge on any atom is -0.361 e. The number of aromatic amines is 1. The van der Waals surface area contributed by atoms with Gasteiger partial charge in [0.25, 0.3) is 0 Å². The van der Waals surface area contributed by atoms with Crippen molar-refractivity contribution in [3.63, 3.8) is 0 Å². The van der Waals surface area contributed by atoms with Gasteiger partial charge in [-0.1, -0.05) is 18.2 Å². The smallest absolute Gasteiger partial charge is 0.232 e. The molecule has 3 aromatic rings. The minimum absolute atomic E-state index is 0.102. The topological polar surface area (TPSA) is 106 Å². The van der Waals surface area contributed by atoms with Crippen LogP contribution in [0.15, 0.2) is 54.7 Å².